The Morgan fingerprint density at radius 1 is 1.24 bits per heavy atom. The van der Waals surface area contributed by atoms with Crippen molar-refractivity contribution in [2.24, 2.45) is 17.3 Å². The Labute approximate surface area is 202 Å². The first-order valence-electron chi connectivity index (χ1n) is 12.4. The number of aryl methyl sites for hydroxylation is 1. The summed E-state index contributed by atoms with van der Waals surface area (Å²) in [7, 11) is -2.09. The highest BCUT2D eigenvalue weighted by Gasteiger charge is 2.51. The molecule has 3 aliphatic rings. The number of allylic oxidation sites excluding steroid dienone is 2. The number of hydrogen-bond donors (Lipinski definition) is 0. The van der Waals surface area contributed by atoms with E-state index >= 15 is 0 Å². The molecule has 1 aromatic carbocycles. The van der Waals surface area contributed by atoms with Gasteiger partial charge in [-0.1, -0.05) is 25.1 Å². The first kappa shape index (κ1) is 23.3. The number of hydrogen-bond acceptors (Lipinski definition) is 5. The normalized spacial score (nSPS) is 27.8. The number of fused-ring (bicyclic) bond motifs is 5. The highest BCUT2D eigenvalue weighted by atomic mass is 32.2. The summed E-state index contributed by atoms with van der Waals surface area (Å²) in [6.45, 7) is 2.44. The van der Waals surface area contributed by atoms with Crippen molar-refractivity contribution in [2.45, 2.75) is 62.7 Å². The smallest absolute Gasteiger partial charge is 0.305 e. The quantitative estimate of drug-likeness (QED) is 0.522. The molecule has 1 heterocycles. The molecule has 5 nitrogen and oxygen atoms in total. The van der Waals surface area contributed by atoms with Crippen molar-refractivity contribution in [3.63, 3.8) is 0 Å². The minimum Gasteiger partial charge on any atom is -0.469 e. The number of ether oxygens (including phenoxy) is 1. The van der Waals surface area contributed by atoms with Gasteiger partial charge in [-0.15, -0.1) is 0 Å². The molecule has 180 valence electrons. The maximum atomic E-state index is 12.9. The van der Waals surface area contributed by atoms with Crippen molar-refractivity contribution < 1.29 is 17.9 Å². The lowest BCUT2D eigenvalue weighted by Crippen LogP contribution is -2.40. The molecular weight excluding hydrogens is 446 g/mol. The Kier molecular flexibility index (Phi) is 6.13. The molecule has 4 atom stereocenters. The number of pyridine rings is 1. The minimum absolute atomic E-state index is 0.0316. The fourth-order valence-electron chi connectivity index (χ4n) is 6.92. The second kappa shape index (κ2) is 8.95. The third kappa shape index (κ3) is 4.00. The Balaban J connectivity index is 1.34. The topological polar surface area (TPSA) is 73.3 Å². The van der Waals surface area contributed by atoms with E-state index in [4.69, 9.17) is 0 Å². The summed E-state index contributed by atoms with van der Waals surface area (Å²) in [5, 5.41) is 0. The molecule has 3 aliphatic carbocycles. The third-order valence-electron chi connectivity index (χ3n) is 8.63. The van der Waals surface area contributed by atoms with E-state index in [0.717, 1.165) is 32.1 Å². The molecule has 0 amide bonds. The third-order valence-corrected chi connectivity index (χ3v) is 10.4. The second-order valence-electron chi connectivity index (χ2n) is 10.3. The van der Waals surface area contributed by atoms with Gasteiger partial charge in [-0.2, -0.15) is 0 Å². The van der Waals surface area contributed by atoms with Gasteiger partial charge in [0.15, 0.2) is 9.84 Å². The molecule has 6 heteroatoms. The zero-order valence-corrected chi connectivity index (χ0v) is 20.8. The van der Waals surface area contributed by atoms with E-state index in [1.165, 1.54) is 29.4 Å². The van der Waals surface area contributed by atoms with Crippen LogP contribution in [0.3, 0.4) is 0 Å². The van der Waals surface area contributed by atoms with E-state index < -0.39 is 9.84 Å². The lowest BCUT2D eigenvalue weighted by molar-refractivity contribution is -0.140. The van der Waals surface area contributed by atoms with E-state index in [-0.39, 0.29) is 30.0 Å². The molecule has 1 aromatic heterocycles. The number of benzene rings is 1. The van der Waals surface area contributed by atoms with Gasteiger partial charge in [0.05, 0.1) is 17.8 Å². The van der Waals surface area contributed by atoms with Gasteiger partial charge >= 0.3 is 5.97 Å². The molecule has 5 rings (SSSR count). The zero-order valence-electron chi connectivity index (χ0n) is 20.0. The molecule has 0 saturated heterocycles. The number of methoxy groups -OCH3 is 1. The van der Waals surface area contributed by atoms with Gasteiger partial charge in [0, 0.05) is 18.8 Å². The Bertz CT molecular complexity index is 1220. The Hall–Kier alpha value is -2.47. The molecule has 1 fully saturated rings. The van der Waals surface area contributed by atoms with E-state index in [9.17, 15) is 13.2 Å². The van der Waals surface area contributed by atoms with Crippen LogP contribution in [0.1, 0.15) is 68.1 Å². The molecule has 0 bridgehead atoms. The first-order chi connectivity index (χ1) is 16.3. The predicted molar refractivity (Wildman–Crippen MR) is 132 cm³/mol. The van der Waals surface area contributed by atoms with Crippen molar-refractivity contribution in [3.05, 3.63) is 65.5 Å². The van der Waals surface area contributed by atoms with Crippen LogP contribution in [0.15, 0.2) is 53.7 Å². The molecule has 0 N–H and O–H groups in total. The molecule has 0 radical (unpaired) electrons. The fourth-order valence-corrected chi connectivity index (χ4v) is 8.27. The average Bonchev–Trinajstić information content (AvgIpc) is 3.21. The van der Waals surface area contributed by atoms with Crippen LogP contribution in [0.2, 0.25) is 0 Å². The van der Waals surface area contributed by atoms with Crippen LogP contribution >= 0.6 is 0 Å². The van der Waals surface area contributed by atoms with Gasteiger partial charge in [-0.25, -0.2) is 8.42 Å². The molecule has 0 spiro atoms. The molecule has 2 aromatic rings. The van der Waals surface area contributed by atoms with Crippen LogP contribution in [-0.2, 0) is 25.8 Å². The van der Waals surface area contributed by atoms with Crippen molar-refractivity contribution in [3.8, 4) is 0 Å². The van der Waals surface area contributed by atoms with Crippen LogP contribution in [0.25, 0.3) is 5.57 Å². The van der Waals surface area contributed by atoms with E-state index in [2.05, 4.69) is 34.9 Å². The highest BCUT2D eigenvalue weighted by Crippen LogP contribution is 2.63. The van der Waals surface area contributed by atoms with Crippen molar-refractivity contribution >= 4 is 21.4 Å². The average molecular weight is 480 g/mol. The van der Waals surface area contributed by atoms with E-state index in [1.54, 1.807) is 6.07 Å². The first-order valence-corrected chi connectivity index (χ1v) is 14.0. The number of sulfone groups is 1. The lowest BCUT2D eigenvalue weighted by Gasteiger charge is -2.50. The summed E-state index contributed by atoms with van der Waals surface area (Å²) in [5.41, 5.74) is 5.44. The summed E-state index contributed by atoms with van der Waals surface area (Å²) >= 11 is 0. The molecular formula is C28H33NO4S. The summed E-state index contributed by atoms with van der Waals surface area (Å²) in [6, 6.07) is 9.97. The van der Waals surface area contributed by atoms with E-state index in [0.29, 0.717) is 22.6 Å². The van der Waals surface area contributed by atoms with Crippen LogP contribution in [0.5, 0.6) is 0 Å². The van der Waals surface area contributed by atoms with Gasteiger partial charge in [0.1, 0.15) is 0 Å². The van der Waals surface area contributed by atoms with Crippen LogP contribution in [-0.4, -0.2) is 32.2 Å². The summed E-state index contributed by atoms with van der Waals surface area (Å²) < 4.78 is 30.4. The number of aromatic nitrogens is 1. The Morgan fingerprint density at radius 2 is 2.09 bits per heavy atom. The summed E-state index contributed by atoms with van der Waals surface area (Å²) in [6.07, 6.45) is 12.1. The highest BCUT2D eigenvalue weighted by molar-refractivity contribution is 7.91. The van der Waals surface area contributed by atoms with Crippen LogP contribution < -0.4 is 0 Å². The van der Waals surface area contributed by atoms with Gasteiger partial charge in [0.2, 0.25) is 0 Å². The maximum Gasteiger partial charge on any atom is 0.305 e. The number of rotatable bonds is 6. The standard InChI is InChI=1S/C28H33NO4S/c1-28-14-13-23-22-10-8-21(34(31,32)16-4-6-27(30)33-2)17-19(22)7-9-24(23)26(28)12-11-25(28)20-5-3-15-29-18-20/h3,5,8,10-11,15,17-18,23-24,26H,4,6-7,9,12-14,16H2,1-2H3/t23?,24?,26?,28-/m1/s1. The molecule has 1 saturated carbocycles. The zero-order chi connectivity index (χ0) is 23.9. The number of carbonyl (C=O) groups excluding carboxylic acids is 1. The van der Waals surface area contributed by atoms with Gasteiger partial charge in [-0.3, -0.25) is 9.78 Å². The lowest BCUT2D eigenvalue weighted by atomic mass is 9.54. The summed E-state index contributed by atoms with van der Waals surface area (Å²) in [5.74, 6) is 1.34. The SMILES string of the molecule is COC(=O)CCCS(=O)(=O)c1ccc2c(c1)CCC1C2CC[C@]2(C)C(c3cccnc3)=CCC12. The van der Waals surface area contributed by atoms with Crippen molar-refractivity contribution in [1.82, 2.24) is 4.98 Å². The fraction of sp³-hybridized carbons (Fsp3) is 0.500. The van der Waals surface area contributed by atoms with Gasteiger partial charge in [0.25, 0.3) is 0 Å². The van der Waals surface area contributed by atoms with Crippen LogP contribution in [0.4, 0.5) is 0 Å². The molecule has 3 unspecified atom stereocenters. The van der Waals surface area contributed by atoms with Gasteiger partial charge in [-0.05, 0) is 102 Å². The largest absolute Gasteiger partial charge is 0.469 e. The summed E-state index contributed by atoms with van der Waals surface area (Å²) in [4.78, 5) is 16.1. The Morgan fingerprint density at radius 3 is 2.85 bits per heavy atom. The number of esters is 1. The van der Waals surface area contributed by atoms with Crippen LogP contribution in [0, 0.1) is 17.3 Å². The monoisotopic (exact) mass is 479 g/mol. The molecule has 34 heavy (non-hydrogen) atoms. The second-order valence-corrected chi connectivity index (χ2v) is 12.4. The predicted octanol–water partition coefficient (Wildman–Crippen LogP) is 5.36. The van der Waals surface area contributed by atoms with Gasteiger partial charge < -0.3 is 4.74 Å². The number of nitrogens with zero attached hydrogens (tertiary/aromatic N) is 1. The van der Waals surface area contributed by atoms with Crippen molar-refractivity contribution in [1.29, 1.82) is 0 Å². The molecule has 0 aliphatic heterocycles. The minimum atomic E-state index is -3.41. The van der Waals surface area contributed by atoms with Crippen molar-refractivity contribution in [2.75, 3.05) is 12.9 Å². The van der Waals surface area contributed by atoms with E-state index in [1.807, 2.05) is 24.5 Å². The maximum absolute atomic E-state index is 12.9. The number of carbonyl (C=O) groups is 1.